The number of carbonyl (C=O) groups is 1. The fourth-order valence-corrected chi connectivity index (χ4v) is 11.1. The molecule has 0 bridgehead atoms. The maximum absolute atomic E-state index is 13.1. The van der Waals surface area contributed by atoms with E-state index in [2.05, 4.69) is 47.6 Å². The number of esters is 1. The van der Waals surface area contributed by atoms with Gasteiger partial charge in [0.05, 0.1) is 12.7 Å². The van der Waals surface area contributed by atoms with Crippen molar-refractivity contribution in [2.24, 2.45) is 52.3 Å². The van der Waals surface area contributed by atoms with Gasteiger partial charge in [0.15, 0.2) is 5.79 Å². The summed E-state index contributed by atoms with van der Waals surface area (Å²) in [5, 5.41) is 0. The van der Waals surface area contributed by atoms with Crippen LogP contribution in [0.2, 0.25) is 0 Å². The summed E-state index contributed by atoms with van der Waals surface area (Å²) in [6.45, 7) is 15.0. The number of hydrogen-bond donors (Lipinski definition) is 0. The predicted molar refractivity (Wildman–Crippen MR) is 154 cm³/mol. The van der Waals surface area contributed by atoms with Crippen molar-refractivity contribution in [2.45, 2.75) is 123 Å². The molecule has 2 saturated heterocycles. The molecule has 4 aliphatic carbocycles. The van der Waals surface area contributed by atoms with Crippen molar-refractivity contribution in [3.8, 4) is 0 Å². The van der Waals surface area contributed by atoms with E-state index in [1.54, 1.807) is 5.57 Å². The second kappa shape index (κ2) is 9.83. The molecule has 6 aliphatic rings. The lowest BCUT2D eigenvalue weighted by molar-refractivity contribution is -0.272. The molecular weight excluding hydrogens is 486 g/mol. The Bertz CT molecular complexity index is 974. The molecule has 12 atom stereocenters. The zero-order valence-electron chi connectivity index (χ0n) is 26.0. The molecule has 0 radical (unpaired) electrons. The summed E-state index contributed by atoms with van der Waals surface area (Å²) < 4.78 is 19.6. The quantitative estimate of drug-likeness (QED) is 0.288. The number of rotatable bonds is 4. The standard InChI is InChI=1S/C34H55NO4/c1-20(2)30(35(7)8)31(36)38-24-12-14-32(5)23(17-24)9-10-25-26(32)13-15-33(6)27(25)18-28-29(33)22(4)34(39-28)16-11-21(3)19-37-34/h9,20-22,24-30H,10-19H2,1-8H3/t21-,22+,24+,25-,26+,27+,28+,29+,30+,32+,33+,34-/m1/s1. The molecule has 0 aromatic carbocycles. The summed E-state index contributed by atoms with van der Waals surface area (Å²) >= 11 is 0. The Morgan fingerprint density at radius 2 is 1.85 bits per heavy atom. The molecule has 0 N–H and O–H groups in total. The number of hydrogen-bond acceptors (Lipinski definition) is 5. The van der Waals surface area contributed by atoms with E-state index in [9.17, 15) is 4.79 Å². The molecule has 5 nitrogen and oxygen atoms in total. The molecule has 0 amide bonds. The molecule has 5 heteroatoms. The highest BCUT2D eigenvalue weighted by molar-refractivity contribution is 5.76. The first-order valence-electron chi connectivity index (χ1n) is 16.3. The highest BCUT2D eigenvalue weighted by atomic mass is 16.7. The second-order valence-electron chi connectivity index (χ2n) is 15.7. The summed E-state index contributed by atoms with van der Waals surface area (Å²) in [7, 11) is 3.96. The van der Waals surface area contributed by atoms with Gasteiger partial charge in [-0.05, 0) is 105 Å². The SMILES string of the molecule is CC(C)[C@@H](C(=O)O[C@H]1CC[C@@]2(C)C(=CC[C@H]3[C@@H]4C[C@@H]5O[C@]6(CC[C@@H](C)CO6)[C@@H](C)[C@@H]5[C@@]4(C)CC[C@@H]32)C1)N(C)C. The summed E-state index contributed by atoms with van der Waals surface area (Å²) in [6.07, 6.45) is 13.4. The van der Waals surface area contributed by atoms with Gasteiger partial charge in [-0.3, -0.25) is 9.69 Å². The van der Waals surface area contributed by atoms with Gasteiger partial charge in [-0.2, -0.15) is 0 Å². The third kappa shape index (κ3) is 4.30. The van der Waals surface area contributed by atoms with Crippen molar-refractivity contribution in [2.75, 3.05) is 20.7 Å². The summed E-state index contributed by atoms with van der Waals surface area (Å²) in [5.41, 5.74) is 2.18. The van der Waals surface area contributed by atoms with Crippen LogP contribution in [0.15, 0.2) is 11.6 Å². The summed E-state index contributed by atoms with van der Waals surface area (Å²) in [6, 6.07) is -0.174. The first-order valence-corrected chi connectivity index (χ1v) is 16.3. The van der Waals surface area contributed by atoms with Crippen LogP contribution in [0.5, 0.6) is 0 Å². The van der Waals surface area contributed by atoms with Crippen molar-refractivity contribution in [3.05, 3.63) is 11.6 Å². The molecule has 39 heavy (non-hydrogen) atoms. The minimum absolute atomic E-state index is 0.0259. The van der Waals surface area contributed by atoms with Crippen molar-refractivity contribution in [1.82, 2.24) is 4.90 Å². The third-order valence-electron chi connectivity index (χ3n) is 13.0. The molecular formula is C34H55NO4. The van der Waals surface area contributed by atoms with E-state index in [0.29, 0.717) is 29.3 Å². The molecule has 3 saturated carbocycles. The zero-order chi connectivity index (χ0) is 27.9. The van der Waals surface area contributed by atoms with Gasteiger partial charge >= 0.3 is 5.97 Å². The number of likely N-dealkylation sites (N-methyl/N-ethyl adjacent to an activating group) is 1. The molecule has 2 aliphatic heterocycles. The van der Waals surface area contributed by atoms with Crippen LogP contribution in [-0.4, -0.2) is 55.6 Å². The Labute approximate surface area is 237 Å². The van der Waals surface area contributed by atoms with E-state index in [-0.39, 0.29) is 35.2 Å². The molecule has 6 rings (SSSR count). The van der Waals surface area contributed by atoms with Crippen molar-refractivity contribution in [3.63, 3.8) is 0 Å². The van der Waals surface area contributed by atoms with Crippen molar-refractivity contribution in [1.29, 1.82) is 0 Å². The van der Waals surface area contributed by atoms with Gasteiger partial charge in [-0.25, -0.2) is 0 Å². The minimum atomic E-state index is -0.324. The maximum Gasteiger partial charge on any atom is 0.323 e. The Balaban J connectivity index is 1.17. The van der Waals surface area contributed by atoms with Crippen LogP contribution in [0, 0.1) is 52.3 Å². The molecule has 5 fully saturated rings. The summed E-state index contributed by atoms with van der Waals surface area (Å²) in [5.74, 6) is 3.86. The molecule has 1 spiro atoms. The highest BCUT2D eigenvalue weighted by Gasteiger charge is 2.68. The molecule has 0 unspecified atom stereocenters. The smallest absolute Gasteiger partial charge is 0.323 e. The van der Waals surface area contributed by atoms with Gasteiger partial charge in [0.2, 0.25) is 0 Å². The highest BCUT2D eigenvalue weighted by Crippen LogP contribution is 2.70. The normalized spacial score (nSPS) is 49.7. The monoisotopic (exact) mass is 541 g/mol. The lowest BCUT2D eigenvalue weighted by Crippen LogP contribution is -2.52. The number of carbonyl (C=O) groups excluding carboxylic acids is 1. The van der Waals surface area contributed by atoms with E-state index in [4.69, 9.17) is 14.2 Å². The first-order chi connectivity index (χ1) is 18.4. The average molecular weight is 542 g/mol. The van der Waals surface area contributed by atoms with E-state index in [0.717, 1.165) is 50.0 Å². The molecule has 0 aromatic rings. The van der Waals surface area contributed by atoms with E-state index < -0.39 is 0 Å². The summed E-state index contributed by atoms with van der Waals surface area (Å²) in [4.78, 5) is 15.1. The van der Waals surface area contributed by atoms with Crippen LogP contribution in [0.25, 0.3) is 0 Å². The van der Waals surface area contributed by atoms with Gasteiger partial charge in [0.1, 0.15) is 12.1 Å². The fourth-order valence-electron chi connectivity index (χ4n) is 11.1. The van der Waals surface area contributed by atoms with Crippen LogP contribution < -0.4 is 0 Å². The van der Waals surface area contributed by atoms with Gasteiger partial charge in [-0.1, -0.05) is 53.2 Å². The Morgan fingerprint density at radius 1 is 1.08 bits per heavy atom. The zero-order valence-corrected chi connectivity index (χ0v) is 26.0. The number of nitrogens with zero attached hydrogens (tertiary/aromatic N) is 1. The van der Waals surface area contributed by atoms with Crippen LogP contribution in [0.4, 0.5) is 0 Å². The second-order valence-corrected chi connectivity index (χ2v) is 15.7. The van der Waals surface area contributed by atoms with E-state index in [1.165, 1.54) is 32.1 Å². The molecule has 0 aromatic heterocycles. The Morgan fingerprint density at radius 3 is 2.51 bits per heavy atom. The number of allylic oxidation sites excluding steroid dienone is 1. The van der Waals surface area contributed by atoms with Gasteiger partial charge in [0.25, 0.3) is 0 Å². The topological polar surface area (TPSA) is 48.0 Å². The van der Waals surface area contributed by atoms with Crippen molar-refractivity contribution < 1.29 is 19.0 Å². The minimum Gasteiger partial charge on any atom is -0.461 e. The Hall–Kier alpha value is -0.910. The van der Waals surface area contributed by atoms with Gasteiger partial charge in [-0.15, -0.1) is 0 Å². The van der Waals surface area contributed by atoms with Gasteiger partial charge < -0.3 is 14.2 Å². The fraction of sp³-hybridized carbons (Fsp3) is 0.912. The van der Waals surface area contributed by atoms with Crippen LogP contribution in [0.3, 0.4) is 0 Å². The number of fused-ring (bicyclic) bond motifs is 7. The van der Waals surface area contributed by atoms with Crippen molar-refractivity contribution >= 4 is 5.97 Å². The van der Waals surface area contributed by atoms with Gasteiger partial charge in [0, 0.05) is 18.8 Å². The van der Waals surface area contributed by atoms with E-state index in [1.807, 2.05) is 19.0 Å². The third-order valence-corrected chi connectivity index (χ3v) is 13.0. The molecule has 220 valence electrons. The lowest BCUT2D eigenvalue weighted by atomic mass is 9.47. The first kappa shape index (κ1) is 28.2. The number of ether oxygens (including phenoxy) is 3. The average Bonchev–Trinajstić information content (AvgIpc) is 3.31. The largest absolute Gasteiger partial charge is 0.461 e. The maximum atomic E-state index is 13.1. The lowest BCUT2D eigenvalue weighted by Gasteiger charge is -2.58. The van der Waals surface area contributed by atoms with Crippen LogP contribution in [-0.2, 0) is 19.0 Å². The van der Waals surface area contributed by atoms with Crippen LogP contribution >= 0.6 is 0 Å². The predicted octanol–water partition coefficient (Wildman–Crippen LogP) is 6.85. The van der Waals surface area contributed by atoms with E-state index >= 15 is 0 Å². The molecule has 2 heterocycles. The Kier molecular flexibility index (Phi) is 7.12. The van der Waals surface area contributed by atoms with Crippen LogP contribution in [0.1, 0.15) is 99.3 Å².